The predicted molar refractivity (Wildman–Crippen MR) is 104 cm³/mol. The maximum absolute atomic E-state index is 12.4. The monoisotopic (exact) mass is 337 g/mol. The third kappa shape index (κ3) is 3.95. The Morgan fingerprint density at radius 3 is 2.12 bits per heavy atom. The zero-order chi connectivity index (χ0) is 17.9. The van der Waals surface area contributed by atoms with Gasteiger partial charge in [-0.25, -0.2) is 4.79 Å². The standard InChI is InChI=1S/C21H27N3O/c1-4-24(5-2)19-12-10-18(11-13-19)22-20(25)23-21(14-15-21)17-8-6-16(3)7-9-17/h6-13H,4-5,14-15H2,1-3H3,(H2,22,23,25). The van der Waals surface area contributed by atoms with E-state index in [1.807, 2.05) is 12.1 Å². The number of hydrogen-bond acceptors (Lipinski definition) is 2. The summed E-state index contributed by atoms with van der Waals surface area (Å²) in [5.41, 5.74) is 4.21. The van der Waals surface area contributed by atoms with Crippen LogP contribution in [-0.4, -0.2) is 19.1 Å². The molecule has 0 saturated heterocycles. The fraction of sp³-hybridized carbons (Fsp3) is 0.381. The summed E-state index contributed by atoms with van der Waals surface area (Å²) in [5.74, 6) is 0. The number of amides is 2. The largest absolute Gasteiger partial charge is 0.372 e. The van der Waals surface area contributed by atoms with Gasteiger partial charge in [-0.15, -0.1) is 0 Å². The first-order valence-electron chi connectivity index (χ1n) is 9.07. The van der Waals surface area contributed by atoms with Crippen LogP contribution in [0.15, 0.2) is 48.5 Å². The fourth-order valence-corrected chi connectivity index (χ4v) is 3.21. The number of urea groups is 1. The van der Waals surface area contributed by atoms with Crippen molar-refractivity contribution in [3.8, 4) is 0 Å². The minimum atomic E-state index is -0.195. The second kappa shape index (κ2) is 7.18. The number of anilines is 2. The third-order valence-corrected chi connectivity index (χ3v) is 4.96. The maximum Gasteiger partial charge on any atom is 0.319 e. The van der Waals surface area contributed by atoms with E-state index in [1.165, 1.54) is 16.8 Å². The SMILES string of the molecule is CCN(CC)c1ccc(NC(=O)NC2(c3ccc(C)cc3)CC2)cc1. The summed E-state index contributed by atoms with van der Waals surface area (Å²) in [6.45, 7) is 8.31. The van der Waals surface area contributed by atoms with Crippen LogP contribution in [0.3, 0.4) is 0 Å². The summed E-state index contributed by atoms with van der Waals surface area (Å²) in [7, 11) is 0. The van der Waals surface area contributed by atoms with Gasteiger partial charge in [-0.2, -0.15) is 0 Å². The van der Waals surface area contributed by atoms with Crippen molar-refractivity contribution in [1.29, 1.82) is 0 Å². The van der Waals surface area contributed by atoms with E-state index in [1.54, 1.807) is 0 Å². The van der Waals surface area contributed by atoms with Crippen molar-refractivity contribution in [2.45, 2.75) is 39.2 Å². The van der Waals surface area contributed by atoms with E-state index in [0.29, 0.717) is 0 Å². The van der Waals surface area contributed by atoms with E-state index in [-0.39, 0.29) is 11.6 Å². The molecule has 4 nitrogen and oxygen atoms in total. The van der Waals surface area contributed by atoms with Gasteiger partial charge in [-0.3, -0.25) is 0 Å². The fourth-order valence-electron chi connectivity index (χ4n) is 3.21. The van der Waals surface area contributed by atoms with E-state index < -0.39 is 0 Å². The molecule has 1 aliphatic carbocycles. The second-order valence-electron chi connectivity index (χ2n) is 6.75. The van der Waals surface area contributed by atoms with E-state index in [4.69, 9.17) is 0 Å². The van der Waals surface area contributed by atoms with Crippen LogP contribution in [0.1, 0.15) is 37.8 Å². The number of aryl methyl sites for hydroxylation is 1. The van der Waals surface area contributed by atoms with Crippen LogP contribution in [0.5, 0.6) is 0 Å². The van der Waals surface area contributed by atoms with Crippen LogP contribution in [0.2, 0.25) is 0 Å². The highest BCUT2D eigenvalue weighted by molar-refractivity contribution is 5.90. The van der Waals surface area contributed by atoms with Gasteiger partial charge < -0.3 is 15.5 Å². The third-order valence-electron chi connectivity index (χ3n) is 4.96. The normalized spacial score (nSPS) is 14.7. The van der Waals surface area contributed by atoms with Crippen LogP contribution >= 0.6 is 0 Å². The van der Waals surface area contributed by atoms with Gasteiger partial charge in [-0.05, 0) is 63.4 Å². The predicted octanol–water partition coefficient (Wildman–Crippen LogP) is 4.65. The Hall–Kier alpha value is -2.49. The van der Waals surface area contributed by atoms with E-state index in [2.05, 4.69) is 72.7 Å². The molecule has 25 heavy (non-hydrogen) atoms. The molecule has 4 heteroatoms. The molecule has 2 amide bonds. The highest BCUT2D eigenvalue weighted by Crippen LogP contribution is 2.45. The summed E-state index contributed by atoms with van der Waals surface area (Å²) in [5, 5.41) is 6.10. The number of nitrogens with zero attached hydrogens (tertiary/aromatic N) is 1. The van der Waals surface area contributed by atoms with Crippen LogP contribution in [0, 0.1) is 6.92 Å². The lowest BCUT2D eigenvalue weighted by Gasteiger charge is -2.21. The molecule has 2 aromatic rings. The Bertz CT molecular complexity index is 714. The van der Waals surface area contributed by atoms with Gasteiger partial charge in [0, 0.05) is 24.5 Å². The Kier molecular flexibility index (Phi) is 4.98. The molecule has 0 heterocycles. The first-order chi connectivity index (χ1) is 12.1. The van der Waals surface area contributed by atoms with Gasteiger partial charge >= 0.3 is 6.03 Å². The van der Waals surface area contributed by atoms with Crippen LogP contribution in [-0.2, 0) is 5.54 Å². The number of benzene rings is 2. The van der Waals surface area contributed by atoms with Crippen LogP contribution in [0.25, 0.3) is 0 Å². The van der Waals surface area contributed by atoms with Crippen LogP contribution in [0.4, 0.5) is 16.2 Å². The molecule has 0 aromatic heterocycles. The lowest BCUT2D eigenvalue weighted by atomic mass is 10.0. The van der Waals surface area contributed by atoms with Crippen molar-refractivity contribution in [2.75, 3.05) is 23.3 Å². The van der Waals surface area contributed by atoms with Crippen molar-refractivity contribution in [1.82, 2.24) is 5.32 Å². The van der Waals surface area contributed by atoms with Crippen molar-refractivity contribution in [2.24, 2.45) is 0 Å². The molecule has 2 N–H and O–H groups in total. The maximum atomic E-state index is 12.4. The van der Waals surface area contributed by atoms with Gasteiger partial charge in [0.05, 0.1) is 5.54 Å². The Morgan fingerprint density at radius 2 is 1.60 bits per heavy atom. The summed E-state index contributed by atoms with van der Waals surface area (Å²) >= 11 is 0. The molecule has 2 aromatic carbocycles. The lowest BCUT2D eigenvalue weighted by Crippen LogP contribution is -2.38. The molecule has 3 rings (SSSR count). The van der Waals surface area contributed by atoms with Gasteiger partial charge in [0.25, 0.3) is 0 Å². The molecule has 0 spiro atoms. The Labute approximate surface area is 150 Å². The molecule has 1 saturated carbocycles. The van der Waals surface area contributed by atoms with E-state index >= 15 is 0 Å². The molecule has 0 radical (unpaired) electrons. The van der Waals surface area contributed by atoms with Gasteiger partial charge in [-0.1, -0.05) is 29.8 Å². The van der Waals surface area contributed by atoms with Crippen molar-refractivity contribution in [3.63, 3.8) is 0 Å². The summed E-state index contributed by atoms with van der Waals surface area (Å²) in [6.07, 6.45) is 1.98. The molecule has 132 valence electrons. The molecule has 1 aliphatic rings. The minimum absolute atomic E-state index is 0.145. The van der Waals surface area contributed by atoms with Crippen molar-refractivity contribution in [3.05, 3.63) is 59.7 Å². The molecule has 0 aliphatic heterocycles. The second-order valence-corrected chi connectivity index (χ2v) is 6.75. The summed E-state index contributed by atoms with van der Waals surface area (Å²) < 4.78 is 0. The number of nitrogens with one attached hydrogen (secondary N) is 2. The smallest absolute Gasteiger partial charge is 0.319 e. The molecule has 0 bridgehead atoms. The quantitative estimate of drug-likeness (QED) is 0.806. The zero-order valence-corrected chi connectivity index (χ0v) is 15.3. The van der Waals surface area contributed by atoms with Crippen molar-refractivity contribution < 1.29 is 4.79 Å². The van der Waals surface area contributed by atoms with Gasteiger partial charge in [0.1, 0.15) is 0 Å². The highest BCUT2D eigenvalue weighted by Gasteiger charge is 2.45. The average Bonchev–Trinajstić information content (AvgIpc) is 3.38. The molecule has 0 unspecified atom stereocenters. The van der Waals surface area contributed by atoms with Crippen molar-refractivity contribution >= 4 is 17.4 Å². The first-order valence-corrected chi connectivity index (χ1v) is 9.07. The Balaban J connectivity index is 1.62. The van der Waals surface area contributed by atoms with Crippen LogP contribution < -0.4 is 15.5 Å². The van der Waals surface area contributed by atoms with E-state index in [0.717, 1.165) is 31.6 Å². The average molecular weight is 337 g/mol. The van der Waals surface area contributed by atoms with E-state index in [9.17, 15) is 4.79 Å². The summed E-state index contributed by atoms with van der Waals surface area (Å²) in [4.78, 5) is 14.7. The summed E-state index contributed by atoms with van der Waals surface area (Å²) in [6, 6.07) is 16.3. The molecule has 1 fully saturated rings. The number of rotatable bonds is 6. The lowest BCUT2D eigenvalue weighted by molar-refractivity contribution is 0.247. The minimum Gasteiger partial charge on any atom is -0.372 e. The van der Waals surface area contributed by atoms with Gasteiger partial charge in [0.15, 0.2) is 0 Å². The van der Waals surface area contributed by atoms with Gasteiger partial charge in [0.2, 0.25) is 0 Å². The topological polar surface area (TPSA) is 44.4 Å². The highest BCUT2D eigenvalue weighted by atomic mass is 16.2. The first kappa shape index (κ1) is 17.3. The molecule has 0 atom stereocenters. The Morgan fingerprint density at radius 1 is 1.00 bits per heavy atom. The number of carbonyl (C=O) groups is 1. The molecular formula is C21H27N3O. The zero-order valence-electron chi connectivity index (χ0n) is 15.3. The number of hydrogen-bond donors (Lipinski definition) is 2. The number of carbonyl (C=O) groups excluding carboxylic acids is 1. The molecular weight excluding hydrogens is 310 g/mol.